The molecule has 1 N–H and O–H groups in total. The SMILES string of the molecule is O=C(OCC1O[C@@H](O[C@@H]2C(OC(=O)c3ccccc3)[C@H](OC3[C@H](OCc4ccccc4)OC(COCc4ccccc4)[C@H](OCc4ccccc4)[C@@H]3OCc3ccccc3)OC(COC(=O)c3ccccc3)[C@@H]2OC(=O)c2ccccc2)C(OC(=O)c2ccccc2)[C@@H](O)[C@H]1OC(=O)c1ccccc1)c1ccccc1. The second-order valence-electron chi connectivity index (χ2n) is 26.0. The van der Waals surface area contributed by atoms with E-state index in [2.05, 4.69) is 0 Å². The zero-order chi connectivity index (χ0) is 75.8. The molecule has 3 aliphatic heterocycles. The van der Waals surface area contributed by atoms with Crippen molar-refractivity contribution in [3.8, 4) is 0 Å². The van der Waals surface area contributed by atoms with Gasteiger partial charge in [0.2, 0.25) is 0 Å². The zero-order valence-corrected chi connectivity index (χ0v) is 59.5. The van der Waals surface area contributed by atoms with Crippen LogP contribution in [0.25, 0.3) is 0 Å². The van der Waals surface area contributed by atoms with Crippen molar-refractivity contribution in [1.29, 1.82) is 0 Å². The van der Waals surface area contributed by atoms with Crippen molar-refractivity contribution < 1.29 is 105 Å². The van der Waals surface area contributed by atoms with Crippen LogP contribution >= 0.6 is 0 Å². The molecule has 15 atom stereocenters. The third-order valence-corrected chi connectivity index (χ3v) is 18.4. The first-order valence-corrected chi connectivity index (χ1v) is 36.0. The maximum Gasteiger partial charge on any atom is 0.338 e. The van der Waals surface area contributed by atoms with Gasteiger partial charge in [0.15, 0.2) is 43.3 Å². The predicted molar refractivity (Wildman–Crippen MR) is 395 cm³/mol. The van der Waals surface area contributed by atoms with E-state index < -0.39 is 141 Å². The lowest BCUT2D eigenvalue weighted by molar-refractivity contribution is -0.389. The Balaban J connectivity index is 0.977. The molecule has 3 saturated heterocycles. The van der Waals surface area contributed by atoms with Crippen LogP contribution in [0.2, 0.25) is 0 Å². The number of hydrogen-bond donors (Lipinski definition) is 1. The lowest BCUT2D eigenvalue weighted by Crippen LogP contribution is -2.68. The number of hydrogen-bond acceptors (Lipinski definition) is 22. The van der Waals surface area contributed by atoms with Crippen LogP contribution < -0.4 is 0 Å². The highest BCUT2D eigenvalue weighted by Crippen LogP contribution is 2.40. The lowest BCUT2D eigenvalue weighted by Gasteiger charge is -2.50. The smallest absolute Gasteiger partial charge is 0.338 e. The average Bonchev–Trinajstić information content (AvgIpc) is 0.755. The third-order valence-electron chi connectivity index (χ3n) is 18.4. The van der Waals surface area contributed by atoms with Gasteiger partial charge >= 0.3 is 35.8 Å². The summed E-state index contributed by atoms with van der Waals surface area (Å²) in [7, 11) is 0. The summed E-state index contributed by atoms with van der Waals surface area (Å²) in [4.78, 5) is 88.2. The van der Waals surface area contributed by atoms with Crippen molar-refractivity contribution in [3.63, 3.8) is 0 Å². The van der Waals surface area contributed by atoms with E-state index in [1.807, 2.05) is 121 Å². The van der Waals surface area contributed by atoms with Gasteiger partial charge in [0.05, 0.1) is 66.4 Å². The second-order valence-corrected chi connectivity index (χ2v) is 26.0. The van der Waals surface area contributed by atoms with Gasteiger partial charge in [0.1, 0.15) is 62.0 Å². The van der Waals surface area contributed by atoms with E-state index in [0.29, 0.717) is 0 Å². The number of esters is 6. The fourth-order valence-corrected chi connectivity index (χ4v) is 12.8. The summed E-state index contributed by atoms with van der Waals surface area (Å²) in [6.45, 7) is -1.60. The number of benzene rings is 10. The van der Waals surface area contributed by atoms with E-state index in [1.165, 1.54) is 72.8 Å². The van der Waals surface area contributed by atoms with Gasteiger partial charge in [-0.05, 0) is 95.1 Å². The largest absolute Gasteiger partial charge is 0.459 e. The van der Waals surface area contributed by atoms with Crippen LogP contribution in [0, 0.1) is 0 Å². The topological polar surface area (TPSA) is 261 Å². The second kappa shape index (κ2) is 38.6. The molecule has 110 heavy (non-hydrogen) atoms. The summed E-state index contributed by atoms with van der Waals surface area (Å²) in [5, 5.41) is 13.2. The molecular weight excluding hydrogens is 1410 g/mol. The minimum atomic E-state index is -2.16. The summed E-state index contributed by atoms with van der Waals surface area (Å²) in [6, 6.07) is 84.8. The van der Waals surface area contributed by atoms with Crippen LogP contribution in [-0.2, 0) is 97.5 Å². The molecule has 3 fully saturated rings. The average molecular weight is 1490 g/mol. The molecule has 0 saturated carbocycles. The van der Waals surface area contributed by atoms with Crippen LogP contribution in [0.5, 0.6) is 0 Å². The van der Waals surface area contributed by atoms with Crippen molar-refractivity contribution in [3.05, 3.63) is 359 Å². The van der Waals surface area contributed by atoms with E-state index in [9.17, 15) is 24.3 Å². The molecule has 0 bridgehead atoms. The van der Waals surface area contributed by atoms with Crippen molar-refractivity contribution in [1.82, 2.24) is 0 Å². The van der Waals surface area contributed by atoms with Gasteiger partial charge in [-0.1, -0.05) is 231 Å². The number of rotatable bonds is 31. The molecule has 0 aromatic heterocycles. The molecule has 13 rings (SSSR count). The first kappa shape index (κ1) is 76.8. The van der Waals surface area contributed by atoms with Crippen LogP contribution in [0.4, 0.5) is 0 Å². The molecule has 22 heteroatoms. The maximum atomic E-state index is 15.4. The molecule has 0 radical (unpaired) electrons. The van der Waals surface area contributed by atoms with Crippen molar-refractivity contribution >= 4 is 35.8 Å². The first-order valence-electron chi connectivity index (χ1n) is 36.0. The summed E-state index contributed by atoms with van der Waals surface area (Å²) < 4.78 is 102. The first-order chi connectivity index (χ1) is 54.0. The lowest BCUT2D eigenvalue weighted by atomic mass is 9.95. The molecule has 22 nitrogen and oxygen atoms in total. The monoisotopic (exact) mass is 1490 g/mol. The number of aliphatic hydroxyl groups is 1. The standard InChI is InChI=1S/C88H80O22/c89-71-72(105-82(92)64-43-23-7-24-44-64)69(56-99-80(90)62-39-19-5-20-40-62)103-87(75(71)107-84(94)66-47-27-9-28-48-66)109-77-74(106-83(93)65-45-25-8-26-46-65)70(57-100-81(91)63-41-21-6-22-42-63)104-88(79(77)108-85(95)67-49-29-10-30-50-67)110-78-76(98-53-60-35-15-3-16-36-60)73(97-52-59-33-13-2-14-34-59)68(55-96-51-58-31-11-1-12-32-58)102-86(78)101-54-61-37-17-4-18-38-61/h1-50,68-79,86-89H,51-57H2/t68?,69?,70?,71-,72-,73-,74-,75?,76-,77-,78?,79?,86+,87-,88-/m0/s1. The fourth-order valence-electron chi connectivity index (χ4n) is 12.8. The molecule has 6 unspecified atom stereocenters. The Kier molecular flexibility index (Phi) is 27.0. The highest BCUT2D eigenvalue weighted by molar-refractivity contribution is 5.92. The number of carbonyl (C=O) groups is 6. The van der Waals surface area contributed by atoms with E-state index >= 15 is 9.59 Å². The Labute approximate surface area is 635 Å². The van der Waals surface area contributed by atoms with E-state index in [4.69, 9.17) is 71.1 Å². The Morgan fingerprint density at radius 2 is 0.536 bits per heavy atom. The molecule has 0 amide bonds. The summed E-state index contributed by atoms with van der Waals surface area (Å²) in [5.41, 5.74) is 3.37. The molecule has 3 heterocycles. The molecule has 3 aliphatic rings. The highest BCUT2D eigenvalue weighted by atomic mass is 16.8. The quantitative estimate of drug-likeness (QED) is 0.0313. The Hall–Kier alpha value is -11.4. The van der Waals surface area contributed by atoms with Gasteiger partial charge < -0.3 is 76.2 Å². The Morgan fingerprint density at radius 3 is 0.936 bits per heavy atom. The predicted octanol–water partition coefficient (Wildman–Crippen LogP) is 12.5. The Morgan fingerprint density at radius 1 is 0.255 bits per heavy atom. The van der Waals surface area contributed by atoms with Crippen molar-refractivity contribution in [2.24, 2.45) is 0 Å². The van der Waals surface area contributed by atoms with E-state index in [-0.39, 0.29) is 66.4 Å². The fraction of sp³-hybridized carbons (Fsp3) is 0.250. The van der Waals surface area contributed by atoms with Gasteiger partial charge in [-0.15, -0.1) is 0 Å². The van der Waals surface area contributed by atoms with Crippen molar-refractivity contribution in [2.75, 3.05) is 19.8 Å². The number of carbonyl (C=O) groups excluding carboxylic acids is 6. The van der Waals surface area contributed by atoms with Crippen molar-refractivity contribution in [2.45, 2.75) is 119 Å². The minimum absolute atomic E-state index is 0.00451. The molecule has 0 spiro atoms. The van der Waals surface area contributed by atoms with Gasteiger partial charge in [0, 0.05) is 0 Å². The zero-order valence-electron chi connectivity index (χ0n) is 59.5. The molecule has 10 aromatic carbocycles. The molecule has 0 aliphatic carbocycles. The summed E-state index contributed by atoms with van der Waals surface area (Å²) in [5.74, 6) is -5.74. The molecular formula is C88H80O22. The normalized spacial score (nSPS) is 23.6. The van der Waals surface area contributed by atoms with Crippen LogP contribution in [-0.4, -0.2) is 153 Å². The van der Waals surface area contributed by atoms with Crippen LogP contribution in [0.3, 0.4) is 0 Å². The minimum Gasteiger partial charge on any atom is -0.459 e. The van der Waals surface area contributed by atoms with Crippen LogP contribution in [0.15, 0.2) is 303 Å². The molecule has 10 aromatic rings. The van der Waals surface area contributed by atoms with Gasteiger partial charge in [-0.3, -0.25) is 0 Å². The third kappa shape index (κ3) is 20.5. The highest BCUT2D eigenvalue weighted by Gasteiger charge is 2.60. The van der Waals surface area contributed by atoms with E-state index in [0.717, 1.165) is 22.3 Å². The van der Waals surface area contributed by atoms with Gasteiger partial charge in [-0.2, -0.15) is 0 Å². The summed E-state index contributed by atoms with van der Waals surface area (Å²) >= 11 is 0. The Bertz CT molecular complexity index is 4520. The van der Waals surface area contributed by atoms with Gasteiger partial charge in [-0.25, -0.2) is 28.8 Å². The van der Waals surface area contributed by atoms with E-state index in [1.54, 1.807) is 109 Å². The number of aliphatic hydroxyl groups excluding tert-OH is 1. The molecule has 564 valence electrons. The maximum absolute atomic E-state index is 15.4. The summed E-state index contributed by atoms with van der Waals surface area (Å²) in [6.07, 6.45) is -26.1. The van der Waals surface area contributed by atoms with Crippen LogP contribution in [0.1, 0.15) is 84.4 Å². The van der Waals surface area contributed by atoms with Gasteiger partial charge in [0.25, 0.3) is 0 Å². The number of ether oxygens (including phenoxy) is 15.